The SMILES string of the molecule is CN1CCN(c2ncc(CO)cn2)CC1=O. The van der Waals surface area contributed by atoms with E-state index in [1.54, 1.807) is 24.3 Å². The highest BCUT2D eigenvalue weighted by Crippen LogP contribution is 2.10. The normalized spacial score (nSPS) is 16.8. The molecular formula is C10H14N4O2. The van der Waals surface area contributed by atoms with Gasteiger partial charge in [-0.2, -0.15) is 0 Å². The van der Waals surface area contributed by atoms with Crippen LogP contribution in [0.2, 0.25) is 0 Å². The Morgan fingerprint density at radius 1 is 1.38 bits per heavy atom. The number of carbonyl (C=O) groups is 1. The molecule has 0 aromatic carbocycles. The lowest BCUT2D eigenvalue weighted by Gasteiger charge is -2.31. The summed E-state index contributed by atoms with van der Waals surface area (Å²) in [6.45, 7) is 1.67. The fourth-order valence-electron chi connectivity index (χ4n) is 1.52. The first kappa shape index (κ1) is 10.8. The van der Waals surface area contributed by atoms with Crippen LogP contribution in [0, 0.1) is 0 Å². The Morgan fingerprint density at radius 3 is 2.62 bits per heavy atom. The number of aromatic nitrogens is 2. The number of piperazine rings is 1. The van der Waals surface area contributed by atoms with Gasteiger partial charge in [-0.05, 0) is 0 Å². The molecule has 0 saturated carbocycles. The van der Waals surface area contributed by atoms with E-state index in [2.05, 4.69) is 9.97 Å². The van der Waals surface area contributed by atoms with Crippen molar-refractivity contribution in [3.63, 3.8) is 0 Å². The molecule has 1 aromatic heterocycles. The maximum absolute atomic E-state index is 11.5. The maximum atomic E-state index is 11.5. The Morgan fingerprint density at radius 2 is 2.06 bits per heavy atom. The van der Waals surface area contributed by atoms with Gasteiger partial charge in [-0.15, -0.1) is 0 Å². The molecule has 1 saturated heterocycles. The van der Waals surface area contributed by atoms with Crippen molar-refractivity contribution in [3.05, 3.63) is 18.0 Å². The van der Waals surface area contributed by atoms with Crippen LogP contribution in [0.25, 0.3) is 0 Å². The molecule has 1 amide bonds. The smallest absolute Gasteiger partial charge is 0.242 e. The van der Waals surface area contributed by atoms with E-state index in [-0.39, 0.29) is 12.5 Å². The Labute approximate surface area is 93.5 Å². The number of amides is 1. The second-order valence-electron chi connectivity index (χ2n) is 3.79. The van der Waals surface area contributed by atoms with Gasteiger partial charge < -0.3 is 14.9 Å². The van der Waals surface area contributed by atoms with Gasteiger partial charge in [-0.1, -0.05) is 0 Å². The van der Waals surface area contributed by atoms with Crippen molar-refractivity contribution in [2.24, 2.45) is 0 Å². The second-order valence-corrected chi connectivity index (χ2v) is 3.79. The van der Waals surface area contributed by atoms with Crippen molar-refractivity contribution in [2.45, 2.75) is 6.61 Å². The van der Waals surface area contributed by atoms with Crippen LogP contribution in [0.4, 0.5) is 5.95 Å². The van der Waals surface area contributed by atoms with Crippen molar-refractivity contribution in [2.75, 3.05) is 31.6 Å². The summed E-state index contributed by atoms with van der Waals surface area (Å²) in [6, 6.07) is 0. The summed E-state index contributed by atoms with van der Waals surface area (Å²) in [4.78, 5) is 23.3. The molecule has 6 nitrogen and oxygen atoms in total. The predicted octanol–water partition coefficient (Wildman–Crippen LogP) is -0.753. The van der Waals surface area contributed by atoms with E-state index in [9.17, 15) is 4.79 Å². The van der Waals surface area contributed by atoms with E-state index in [4.69, 9.17) is 5.11 Å². The van der Waals surface area contributed by atoms with Crippen molar-refractivity contribution in [1.82, 2.24) is 14.9 Å². The zero-order chi connectivity index (χ0) is 11.5. The Bertz CT molecular complexity index is 379. The van der Waals surface area contributed by atoms with Crippen molar-refractivity contribution < 1.29 is 9.90 Å². The zero-order valence-electron chi connectivity index (χ0n) is 9.13. The molecule has 0 unspecified atom stereocenters. The minimum atomic E-state index is -0.0675. The predicted molar refractivity (Wildman–Crippen MR) is 57.8 cm³/mol. The molecule has 6 heteroatoms. The molecule has 1 aliphatic rings. The third kappa shape index (κ3) is 2.11. The number of aliphatic hydroxyl groups is 1. The van der Waals surface area contributed by atoms with Gasteiger partial charge in [0.2, 0.25) is 11.9 Å². The molecule has 0 bridgehead atoms. The first-order chi connectivity index (χ1) is 7.70. The number of hydrogen-bond acceptors (Lipinski definition) is 5. The lowest BCUT2D eigenvalue weighted by atomic mass is 10.3. The molecule has 86 valence electrons. The van der Waals surface area contributed by atoms with E-state index >= 15 is 0 Å². The molecule has 2 heterocycles. The van der Waals surface area contributed by atoms with Gasteiger partial charge in [0, 0.05) is 38.1 Å². The van der Waals surface area contributed by atoms with Crippen LogP contribution in [-0.2, 0) is 11.4 Å². The largest absolute Gasteiger partial charge is 0.392 e. The summed E-state index contributed by atoms with van der Waals surface area (Å²) in [7, 11) is 1.79. The van der Waals surface area contributed by atoms with Crippen LogP contribution in [0.15, 0.2) is 12.4 Å². The average Bonchev–Trinajstić information content (AvgIpc) is 2.33. The van der Waals surface area contributed by atoms with Crippen LogP contribution in [0.5, 0.6) is 0 Å². The fourth-order valence-corrected chi connectivity index (χ4v) is 1.52. The molecule has 1 N–H and O–H groups in total. The third-order valence-electron chi connectivity index (χ3n) is 2.61. The van der Waals surface area contributed by atoms with E-state index in [0.29, 0.717) is 24.6 Å². The molecule has 1 aromatic rings. The van der Waals surface area contributed by atoms with Crippen LogP contribution in [0.1, 0.15) is 5.56 Å². The summed E-state index contributed by atoms with van der Waals surface area (Å²) >= 11 is 0. The first-order valence-corrected chi connectivity index (χ1v) is 5.11. The quantitative estimate of drug-likeness (QED) is 0.713. The molecule has 0 aliphatic carbocycles. The topological polar surface area (TPSA) is 69.6 Å². The molecular weight excluding hydrogens is 208 g/mol. The van der Waals surface area contributed by atoms with Gasteiger partial charge >= 0.3 is 0 Å². The Balaban J connectivity index is 2.09. The van der Waals surface area contributed by atoms with Crippen LogP contribution in [0.3, 0.4) is 0 Å². The van der Waals surface area contributed by atoms with Crippen LogP contribution in [-0.4, -0.2) is 52.6 Å². The molecule has 16 heavy (non-hydrogen) atoms. The van der Waals surface area contributed by atoms with Crippen LogP contribution >= 0.6 is 0 Å². The first-order valence-electron chi connectivity index (χ1n) is 5.11. The summed E-state index contributed by atoms with van der Waals surface area (Å²) in [6.07, 6.45) is 3.15. The monoisotopic (exact) mass is 222 g/mol. The minimum absolute atomic E-state index is 0.0675. The van der Waals surface area contributed by atoms with Gasteiger partial charge in [-0.25, -0.2) is 9.97 Å². The van der Waals surface area contributed by atoms with E-state index in [0.717, 1.165) is 6.54 Å². The Kier molecular flexibility index (Phi) is 3.00. The number of nitrogens with zero attached hydrogens (tertiary/aromatic N) is 4. The standard InChI is InChI=1S/C10H14N4O2/c1-13-2-3-14(6-9(13)16)10-11-4-8(7-15)5-12-10/h4-5,15H,2-3,6-7H2,1H3. The highest BCUT2D eigenvalue weighted by atomic mass is 16.3. The summed E-state index contributed by atoms with van der Waals surface area (Å²) in [5, 5.41) is 8.86. The second kappa shape index (κ2) is 4.44. The zero-order valence-corrected chi connectivity index (χ0v) is 9.13. The highest BCUT2D eigenvalue weighted by Gasteiger charge is 2.22. The molecule has 1 aliphatic heterocycles. The van der Waals surface area contributed by atoms with Crippen molar-refractivity contribution in [3.8, 4) is 0 Å². The summed E-state index contributed by atoms with van der Waals surface area (Å²) in [5.41, 5.74) is 0.671. The van der Waals surface area contributed by atoms with Gasteiger partial charge in [0.25, 0.3) is 0 Å². The Hall–Kier alpha value is -1.69. The summed E-state index contributed by atoms with van der Waals surface area (Å²) < 4.78 is 0. The summed E-state index contributed by atoms with van der Waals surface area (Å²) in [5.74, 6) is 0.611. The van der Waals surface area contributed by atoms with E-state index < -0.39 is 0 Å². The average molecular weight is 222 g/mol. The fraction of sp³-hybridized carbons (Fsp3) is 0.500. The molecule has 0 spiro atoms. The third-order valence-corrected chi connectivity index (χ3v) is 2.61. The number of anilines is 1. The van der Waals surface area contributed by atoms with Gasteiger partial charge in [-0.3, -0.25) is 4.79 Å². The van der Waals surface area contributed by atoms with E-state index in [1.165, 1.54) is 0 Å². The molecule has 0 atom stereocenters. The maximum Gasteiger partial charge on any atom is 0.242 e. The molecule has 2 rings (SSSR count). The number of carbonyl (C=O) groups excluding carboxylic acids is 1. The van der Waals surface area contributed by atoms with Gasteiger partial charge in [0.15, 0.2) is 0 Å². The van der Waals surface area contributed by atoms with Gasteiger partial charge in [0.05, 0.1) is 13.2 Å². The minimum Gasteiger partial charge on any atom is -0.392 e. The molecule has 0 radical (unpaired) electrons. The number of rotatable bonds is 2. The molecule has 1 fully saturated rings. The van der Waals surface area contributed by atoms with Gasteiger partial charge in [0.1, 0.15) is 0 Å². The van der Waals surface area contributed by atoms with Crippen LogP contribution < -0.4 is 4.90 Å². The van der Waals surface area contributed by atoms with Crippen molar-refractivity contribution in [1.29, 1.82) is 0 Å². The lowest BCUT2D eigenvalue weighted by molar-refractivity contribution is -0.129. The number of likely N-dealkylation sites (N-methyl/N-ethyl adjacent to an activating group) is 1. The van der Waals surface area contributed by atoms with E-state index in [1.807, 2.05) is 4.90 Å². The van der Waals surface area contributed by atoms with Crippen molar-refractivity contribution >= 4 is 11.9 Å². The highest BCUT2D eigenvalue weighted by molar-refractivity contribution is 5.81. The number of hydrogen-bond donors (Lipinski definition) is 1. The number of aliphatic hydroxyl groups excluding tert-OH is 1. The lowest BCUT2D eigenvalue weighted by Crippen LogP contribution is -2.49.